The van der Waals surface area contributed by atoms with Gasteiger partial charge in [-0.3, -0.25) is 29.3 Å². The lowest BCUT2D eigenvalue weighted by atomic mass is 9.81. The summed E-state index contributed by atoms with van der Waals surface area (Å²) in [7, 11) is 0. The summed E-state index contributed by atoms with van der Waals surface area (Å²) in [5.74, 6) is -3.62. The third-order valence-electron chi connectivity index (χ3n) is 6.15. The van der Waals surface area contributed by atoms with Gasteiger partial charge in [0.1, 0.15) is 6.54 Å². The molecule has 0 bridgehead atoms. The average molecular weight is 628 g/mol. The van der Waals surface area contributed by atoms with Gasteiger partial charge in [0.05, 0.1) is 16.8 Å². The van der Waals surface area contributed by atoms with Crippen LogP contribution in [0, 0.1) is 22.0 Å². The van der Waals surface area contributed by atoms with E-state index in [9.17, 15) is 29.3 Å². The number of alkyl halides is 2. The molecular formula is C23H18Br2ClN3O6. The molecule has 0 aromatic heterocycles. The lowest BCUT2D eigenvalue weighted by Crippen LogP contribution is -2.52. The summed E-state index contributed by atoms with van der Waals surface area (Å²) in [5, 5.41) is 13.0. The van der Waals surface area contributed by atoms with Crippen LogP contribution in [0.5, 0.6) is 0 Å². The predicted molar refractivity (Wildman–Crippen MR) is 133 cm³/mol. The zero-order chi connectivity index (χ0) is 25.4. The number of halogens is 3. The molecule has 2 aromatic carbocycles. The van der Waals surface area contributed by atoms with Gasteiger partial charge in [-0.15, -0.1) is 0 Å². The number of nitro benzene ring substituents is 1. The number of hydrogen-bond donors (Lipinski definition) is 0. The number of amides is 3. The van der Waals surface area contributed by atoms with E-state index in [1.54, 1.807) is 0 Å². The average Bonchev–Trinajstić information content (AvgIpc) is 3.07. The van der Waals surface area contributed by atoms with Gasteiger partial charge in [0.2, 0.25) is 0 Å². The molecule has 0 N–H and O–H groups in total. The van der Waals surface area contributed by atoms with Gasteiger partial charge in [-0.1, -0.05) is 43.5 Å². The molecule has 0 spiro atoms. The SMILES string of the molecule is O=C(CN(C(=O)c1ccc(Cl)cc1)N1C(=O)[C@@H]2C[C@H](Br)[C@@H](Br)C[C@H]2C1=O)c1ccc([N+](=O)[O-])cc1. The third-order valence-corrected chi connectivity index (χ3v) is 9.13. The Bertz CT molecular complexity index is 1180. The van der Waals surface area contributed by atoms with Crippen molar-refractivity contribution in [2.45, 2.75) is 22.5 Å². The molecule has 182 valence electrons. The van der Waals surface area contributed by atoms with Gasteiger partial charge < -0.3 is 0 Å². The number of hydrazine groups is 1. The summed E-state index contributed by atoms with van der Waals surface area (Å²) >= 11 is 13.0. The van der Waals surface area contributed by atoms with E-state index in [1.165, 1.54) is 48.5 Å². The predicted octanol–water partition coefficient (Wildman–Crippen LogP) is 4.41. The molecule has 35 heavy (non-hydrogen) atoms. The molecule has 9 nitrogen and oxygen atoms in total. The monoisotopic (exact) mass is 625 g/mol. The van der Waals surface area contributed by atoms with E-state index in [2.05, 4.69) is 31.9 Å². The van der Waals surface area contributed by atoms with Crippen LogP contribution in [0.25, 0.3) is 0 Å². The minimum absolute atomic E-state index is 0.0254. The molecule has 4 rings (SSSR count). The molecule has 2 fully saturated rings. The van der Waals surface area contributed by atoms with Gasteiger partial charge >= 0.3 is 0 Å². The zero-order valence-corrected chi connectivity index (χ0v) is 21.9. The van der Waals surface area contributed by atoms with Gasteiger partial charge in [-0.05, 0) is 49.2 Å². The number of ketones is 1. The van der Waals surface area contributed by atoms with E-state index >= 15 is 0 Å². The Kier molecular flexibility index (Phi) is 7.39. The van der Waals surface area contributed by atoms with Crippen molar-refractivity contribution in [2.24, 2.45) is 11.8 Å². The Balaban J connectivity index is 1.67. The normalized spacial score (nSPS) is 23.7. The van der Waals surface area contributed by atoms with Gasteiger partial charge in [-0.25, -0.2) is 5.01 Å². The van der Waals surface area contributed by atoms with Crippen molar-refractivity contribution < 1.29 is 24.1 Å². The van der Waals surface area contributed by atoms with E-state index in [1.807, 2.05) is 0 Å². The maximum atomic E-state index is 13.5. The van der Waals surface area contributed by atoms with Gasteiger partial charge in [0, 0.05) is 37.9 Å². The van der Waals surface area contributed by atoms with Crippen LogP contribution in [0.4, 0.5) is 5.69 Å². The van der Waals surface area contributed by atoms with E-state index < -0.39 is 46.8 Å². The van der Waals surface area contributed by atoms with Gasteiger partial charge in [0.25, 0.3) is 23.4 Å². The van der Waals surface area contributed by atoms with Crippen LogP contribution < -0.4 is 0 Å². The lowest BCUT2D eigenvalue weighted by Gasteiger charge is -2.30. The first-order chi connectivity index (χ1) is 16.6. The number of fused-ring (bicyclic) bond motifs is 1. The second-order valence-electron chi connectivity index (χ2n) is 8.30. The molecule has 2 aliphatic rings. The largest absolute Gasteiger partial charge is 0.292 e. The zero-order valence-electron chi connectivity index (χ0n) is 18.0. The summed E-state index contributed by atoms with van der Waals surface area (Å²) in [6, 6.07) is 10.7. The Morgan fingerprint density at radius 3 is 1.91 bits per heavy atom. The molecule has 0 unspecified atom stereocenters. The number of Topliss-reactive ketones (excluding diaryl/α,β-unsaturated/α-hetero) is 1. The van der Waals surface area contributed by atoms with E-state index in [-0.39, 0.29) is 26.5 Å². The number of non-ortho nitro benzene ring substituents is 1. The van der Waals surface area contributed by atoms with Crippen molar-refractivity contribution in [3.63, 3.8) is 0 Å². The van der Waals surface area contributed by atoms with E-state index in [0.717, 1.165) is 10.0 Å². The van der Waals surface area contributed by atoms with Crippen LogP contribution in [-0.4, -0.2) is 54.6 Å². The highest BCUT2D eigenvalue weighted by Gasteiger charge is 2.54. The maximum absolute atomic E-state index is 13.5. The first-order valence-electron chi connectivity index (χ1n) is 10.6. The summed E-state index contributed by atoms with van der Waals surface area (Å²) < 4.78 is 0. The van der Waals surface area contributed by atoms with Crippen molar-refractivity contribution in [1.29, 1.82) is 0 Å². The Morgan fingerprint density at radius 2 is 1.43 bits per heavy atom. The first kappa shape index (κ1) is 25.5. The molecule has 12 heteroatoms. The van der Waals surface area contributed by atoms with Crippen molar-refractivity contribution in [1.82, 2.24) is 10.0 Å². The van der Waals surface area contributed by atoms with Gasteiger partial charge in [-0.2, -0.15) is 5.01 Å². The first-order valence-corrected chi connectivity index (χ1v) is 12.8. The molecule has 1 saturated carbocycles. The fourth-order valence-corrected chi connectivity index (χ4v) is 5.65. The summed E-state index contributed by atoms with van der Waals surface area (Å²) in [4.78, 5) is 63.5. The topological polar surface area (TPSA) is 118 Å². The van der Waals surface area contributed by atoms with Crippen LogP contribution in [-0.2, 0) is 9.59 Å². The van der Waals surface area contributed by atoms with Crippen molar-refractivity contribution in [3.05, 3.63) is 74.8 Å². The number of nitro groups is 1. The molecular weight excluding hydrogens is 610 g/mol. The standard InChI is InChI=1S/C23H18Br2ClN3O6/c24-18-9-16-17(10-19(18)25)23(33)28(22(16)32)27(21(31)13-1-5-14(26)6-2-13)11-20(30)12-3-7-15(8-4-12)29(34)35/h1-8,16-19H,9-11H2/t16-,17-,18+,19+/m1/s1. The van der Waals surface area contributed by atoms with Crippen molar-refractivity contribution in [3.8, 4) is 0 Å². The fourth-order valence-electron chi connectivity index (χ4n) is 4.29. The number of imide groups is 1. The van der Waals surface area contributed by atoms with Crippen molar-refractivity contribution >= 4 is 72.7 Å². The van der Waals surface area contributed by atoms with E-state index in [0.29, 0.717) is 17.9 Å². The lowest BCUT2D eigenvalue weighted by molar-refractivity contribution is -0.384. The number of rotatable bonds is 6. The Morgan fingerprint density at radius 1 is 0.943 bits per heavy atom. The Labute approximate surface area is 221 Å². The van der Waals surface area contributed by atoms with Crippen molar-refractivity contribution in [2.75, 3.05) is 6.54 Å². The number of carbonyl (C=O) groups is 4. The molecule has 1 aliphatic carbocycles. The molecule has 3 amide bonds. The fraction of sp³-hybridized carbons (Fsp3) is 0.304. The number of carbonyl (C=O) groups excluding carboxylic acids is 4. The second-order valence-corrected chi connectivity index (χ2v) is 11.1. The van der Waals surface area contributed by atoms with Crippen LogP contribution >= 0.6 is 43.5 Å². The molecule has 4 atom stereocenters. The highest BCUT2D eigenvalue weighted by atomic mass is 79.9. The van der Waals surface area contributed by atoms with Crippen LogP contribution in [0.15, 0.2) is 48.5 Å². The van der Waals surface area contributed by atoms with E-state index in [4.69, 9.17) is 11.6 Å². The highest BCUT2D eigenvalue weighted by Crippen LogP contribution is 2.43. The van der Waals surface area contributed by atoms with Crippen LogP contribution in [0.1, 0.15) is 33.6 Å². The van der Waals surface area contributed by atoms with Crippen LogP contribution in [0.2, 0.25) is 5.02 Å². The van der Waals surface area contributed by atoms with Gasteiger partial charge in [0.15, 0.2) is 5.78 Å². The van der Waals surface area contributed by atoms with Crippen LogP contribution in [0.3, 0.4) is 0 Å². The summed E-state index contributed by atoms with van der Waals surface area (Å²) in [6.07, 6.45) is 0.807. The Hall–Kier alpha value is -2.63. The molecule has 2 aromatic rings. The molecule has 1 heterocycles. The maximum Gasteiger partial charge on any atom is 0.273 e. The quantitative estimate of drug-likeness (QED) is 0.154. The number of benzene rings is 2. The molecule has 1 aliphatic heterocycles. The second kappa shape index (κ2) is 10.2. The number of nitrogens with zero attached hydrogens (tertiary/aromatic N) is 3. The molecule has 1 saturated heterocycles. The highest BCUT2D eigenvalue weighted by molar-refractivity contribution is 9.12. The third kappa shape index (κ3) is 5.03. The summed E-state index contributed by atoms with van der Waals surface area (Å²) in [6.45, 7) is -0.605. The summed E-state index contributed by atoms with van der Waals surface area (Å²) in [5.41, 5.74) is 0.0402. The minimum Gasteiger partial charge on any atom is -0.292 e. The smallest absolute Gasteiger partial charge is 0.273 e. The minimum atomic E-state index is -0.719. The number of hydrogen-bond acceptors (Lipinski definition) is 6. The molecule has 0 radical (unpaired) electrons.